The summed E-state index contributed by atoms with van der Waals surface area (Å²) in [5.41, 5.74) is 1.18. The Balaban J connectivity index is 0.00000240. The Bertz CT molecular complexity index is 771. The number of ether oxygens (including phenoxy) is 1. The number of piperidine rings is 1. The van der Waals surface area contributed by atoms with Crippen LogP contribution in [0.25, 0.3) is 0 Å². The predicted octanol–water partition coefficient (Wildman–Crippen LogP) is 4.49. The minimum Gasteiger partial charge on any atom is -0.493 e. The molecule has 2 aromatic rings. The number of halogens is 1. The van der Waals surface area contributed by atoms with Crippen molar-refractivity contribution in [3.05, 3.63) is 47.3 Å². The van der Waals surface area contributed by atoms with Gasteiger partial charge in [-0.2, -0.15) is 0 Å². The molecule has 0 radical (unpaired) electrons. The molecule has 2 heterocycles. The van der Waals surface area contributed by atoms with E-state index in [0.29, 0.717) is 12.6 Å². The topological polar surface area (TPSA) is 48.9 Å². The Hall–Kier alpha value is -1.48. The van der Waals surface area contributed by atoms with Crippen LogP contribution >= 0.6 is 35.3 Å². The molecular weight excluding hydrogens is 495 g/mol. The van der Waals surface area contributed by atoms with E-state index in [1.807, 2.05) is 24.5 Å². The Morgan fingerprint density at radius 1 is 1.14 bits per heavy atom. The maximum atomic E-state index is 6.02. The van der Waals surface area contributed by atoms with Crippen molar-refractivity contribution in [2.45, 2.75) is 38.3 Å². The van der Waals surface area contributed by atoms with Crippen LogP contribution in [0.2, 0.25) is 0 Å². The molecule has 0 bridgehead atoms. The second kappa shape index (κ2) is 11.1. The fourth-order valence-corrected chi connectivity index (χ4v) is 4.33. The van der Waals surface area contributed by atoms with Crippen molar-refractivity contribution in [1.29, 1.82) is 0 Å². The molecule has 0 spiro atoms. The number of hydrogen-bond donors (Lipinski definition) is 2. The zero-order valence-electron chi connectivity index (χ0n) is 17.0. The average molecular weight is 526 g/mol. The molecule has 2 fully saturated rings. The number of rotatable bonds is 7. The van der Waals surface area contributed by atoms with Crippen molar-refractivity contribution in [3.63, 3.8) is 0 Å². The van der Waals surface area contributed by atoms with Gasteiger partial charge in [-0.3, -0.25) is 4.99 Å². The molecule has 1 saturated carbocycles. The van der Waals surface area contributed by atoms with Crippen LogP contribution in [0.1, 0.15) is 31.2 Å². The van der Waals surface area contributed by atoms with Crippen LogP contribution in [-0.4, -0.2) is 38.7 Å². The zero-order chi connectivity index (χ0) is 19.2. The maximum absolute atomic E-state index is 6.02. The largest absolute Gasteiger partial charge is 0.493 e. The molecule has 1 aliphatic carbocycles. The molecule has 7 heteroatoms. The van der Waals surface area contributed by atoms with Gasteiger partial charge in [0.1, 0.15) is 5.75 Å². The van der Waals surface area contributed by atoms with Gasteiger partial charge in [-0.15, -0.1) is 35.3 Å². The van der Waals surface area contributed by atoms with Gasteiger partial charge < -0.3 is 20.3 Å². The van der Waals surface area contributed by atoms with E-state index < -0.39 is 0 Å². The number of benzene rings is 1. The summed E-state index contributed by atoms with van der Waals surface area (Å²) in [6.45, 7) is 3.74. The number of nitrogens with one attached hydrogen (secondary N) is 2. The summed E-state index contributed by atoms with van der Waals surface area (Å²) in [6.07, 6.45) is 4.87. The van der Waals surface area contributed by atoms with Gasteiger partial charge >= 0.3 is 0 Å². The highest BCUT2D eigenvalue weighted by atomic mass is 127. The third kappa shape index (κ3) is 6.50. The zero-order valence-corrected chi connectivity index (χ0v) is 20.1. The van der Waals surface area contributed by atoms with E-state index >= 15 is 0 Å². The van der Waals surface area contributed by atoms with Crippen LogP contribution in [0.4, 0.5) is 5.00 Å². The molecule has 158 valence electrons. The highest BCUT2D eigenvalue weighted by Gasteiger charge is 2.23. The smallest absolute Gasteiger partial charge is 0.191 e. The van der Waals surface area contributed by atoms with Crippen LogP contribution in [0.3, 0.4) is 0 Å². The van der Waals surface area contributed by atoms with Crippen LogP contribution in [0.15, 0.2) is 46.8 Å². The Morgan fingerprint density at radius 3 is 2.62 bits per heavy atom. The van der Waals surface area contributed by atoms with Gasteiger partial charge in [0.2, 0.25) is 0 Å². The van der Waals surface area contributed by atoms with Crippen molar-refractivity contribution < 1.29 is 4.74 Å². The van der Waals surface area contributed by atoms with Crippen molar-refractivity contribution in [2.75, 3.05) is 31.6 Å². The molecule has 1 aromatic carbocycles. The monoisotopic (exact) mass is 526 g/mol. The number of anilines is 1. The molecule has 5 nitrogen and oxygen atoms in total. The van der Waals surface area contributed by atoms with Gasteiger partial charge in [0.15, 0.2) is 5.96 Å². The van der Waals surface area contributed by atoms with Crippen LogP contribution in [0, 0.1) is 5.92 Å². The third-order valence-electron chi connectivity index (χ3n) is 5.47. The molecule has 2 N–H and O–H groups in total. The predicted molar refractivity (Wildman–Crippen MR) is 133 cm³/mol. The van der Waals surface area contributed by atoms with Gasteiger partial charge in [-0.05, 0) is 55.2 Å². The summed E-state index contributed by atoms with van der Waals surface area (Å²) < 4.78 is 6.02. The quantitative estimate of drug-likeness (QED) is 0.317. The molecule has 2 aliphatic rings. The fourth-order valence-electron chi connectivity index (χ4n) is 3.54. The van der Waals surface area contributed by atoms with Crippen molar-refractivity contribution in [1.82, 2.24) is 10.6 Å². The molecule has 0 atom stereocenters. The normalized spacial score (nSPS) is 17.6. The molecule has 0 amide bonds. The van der Waals surface area contributed by atoms with E-state index in [2.05, 4.69) is 56.2 Å². The van der Waals surface area contributed by atoms with E-state index in [4.69, 9.17) is 4.74 Å². The maximum Gasteiger partial charge on any atom is 0.191 e. The van der Waals surface area contributed by atoms with Crippen molar-refractivity contribution in [3.8, 4) is 5.75 Å². The standard InChI is InChI=1S/C22H30N4OS.HI/c1-23-22(25-19-10-12-26(13-11-19)21-7-4-14-28-21)24-15-18-5-2-3-6-20(18)27-16-17-8-9-17;/h2-7,14,17,19H,8-13,15-16H2,1H3,(H2,23,24,25);1H. The number of nitrogens with zero attached hydrogens (tertiary/aromatic N) is 2. The minimum atomic E-state index is 0. The lowest BCUT2D eigenvalue weighted by Crippen LogP contribution is -2.48. The van der Waals surface area contributed by atoms with Gasteiger partial charge in [0.05, 0.1) is 11.6 Å². The fraction of sp³-hybridized carbons (Fsp3) is 0.500. The van der Waals surface area contributed by atoms with E-state index in [0.717, 1.165) is 50.2 Å². The molecule has 1 aliphatic heterocycles. The third-order valence-corrected chi connectivity index (χ3v) is 6.40. The SMILES string of the molecule is CN=C(NCc1ccccc1OCC1CC1)NC1CCN(c2cccs2)CC1.I. The van der Waals surface area contributed by atoms with E-state index in [-0.39, 0.29) is 24.0 Å². The Morgan fingerprint density at radius 2 is 1.93 bits per heavy atom. The lowest BCUT2D eigenvalue weighted by atomic mass is 10.1. The van der Waals surface area contributed by atoms with Crippen LogP contribution < -0.4 is 20.3 Å². The van der Waals surface area contributed by atoms with E-state index in [1.165, 1.54) is 23.4 Å². The summed E-state index contributed by atoms with van der Waals surface area (Å²) in [4.78, 5) is 6.90. The van der Waals surface area contributed by atoms with Gasteiger partial charge in [-0.1, -0.05) is 18.2 Å². The lowest BCUT2D eigenvalue weighted by Gasteiger charge is -2.33. The highest BCUT2D eigenvalue weighted by molar-refractivity contribution is 14.0. The second-order valence-electron chi connectivity index (χ2n) is 7.64. The summed E-state index contributed by atoms with van der Waals surface area (Å²) >= 11 is 1.82. The first-order valence-corrected chi connectivity index (χ1v) is 11.2. The van der Waals surface area contributed by atoms with Gasteiger partial charge in [-0.25, -0.2) is 0 Å². The first-order chi connectivity index (χ1) is 13.8. The summed E-state index contributed by atoms with van der Waals surface area (Å²) in [7, 11) is 1.84. The van der Waals surface area contributed by atoms with Gasteiger partial charge in [0, 0.05) is 38.3 Å². The lowest BCUT2D eigenvalue weighted by molar-refractivity contribution is 0.296. The number of aliphatic imine (C=N–C) groups is 1. The summed E-state index contributed by atoms with van der Waals surface area (Å²) in [5.74, 6) is 2.61. The molecule has 29 heavy (non-hydrogen) atoms. The molecule has 0 unspecified atom stereocenters. The number of guanidine groups is 1. The Kier molecular flexibility index (Phi) is 8.47. The highest BCUT2D eigenvalue weighted by Crippen LogP contribution is 2.30. The summed E-state index contributed by atoms with van der Waals surface area (Å²) in [5, 5.41) is 10.6. The van der Waals surface area contributed by atoms with Gasteiger partial charge in [0.25, 0.3) is 0 Å². The number of hydrogen-bond acceptors (Lipinski definition) is 4. The van der Waals surface area contributed by atoms with E-state index in [1.54, 1.807) is 0 Å². The van der Waals surface area contributed by atoms with E-state index in [9.17, 15) is 0 Å². The number of thiophene rings is 1. The molecular formula is C22H31IN4OS. The first-order valence-electron chi connectivity index (χ1n) is 10.3. The molecule has 1 aromatic heterocycles. The Labute approximate surface area is 195 Å². The van der Waals surface area contributed by atoms with Crippen molar-refractivity contribution in [2.24, 2.45) is 10.9 Å². The minimum absolute atomic E-state index is 0. The summed E-state index contributed by atoms with van der Waals surface area (Å²) in [6, 6.07) is 13.1. The first kappa shape index (κ1) is 22.2. The van der Waals surface area contributed by atoms with Crippen molar-refractivity contribution >= 4 is 46.3 Å². The van der Waals surface area contributed by atoms with Crippen LogP contribution in [0.5, 0.6) is 5.75 Å². The molecule has 4 rings (SSSR count). The second-order valence-corrected chi connectivity index (χ2v) is 8.57. The molecule has 1 saturated heterocycles. The average Bonchev–Trinajstić information content (AvgIpc) is 3.41. The number of para-hydroxylation sites is 1. The van der Waals surface area contributed by atoms with Crippen LogP contribution in [-0.2, 0) is 6.54 Å².